The summed E-state index contributed by atoms with van der Waals surface area (Å²) in [5, 5.41) is 2.89. The molecule has 1 unspecified atom stereocenters. The fourth-order valence-electron chi connectivity index (χ4n) is 2.08. The largest absolute Gasteiger partial charge is 0.495 e. The number of benzene rings is 1. The highest BCUT2D eigenvalue weighted by Crippen LogP contribution is 2.34. The van der Waals surface area contributed by atoms with Crippen LogP contribution in [0.5, 0.6) is 5.75 Å². The predicted molar refractivity (Wildman–Crippen MR) is 62.5 cm³/mol. The van der Waals surface area contributed by atoms with Gasteiger partial charge < -0.3 is 15.8 Å². The number of anilines is 1. The third-order valence-corrected chi connectivity index (χ3v) is 2.93. The second-order valence-electron chi connectivity index (χ2n) is 3.96. The maximum Gasteiger partial charge on any atom is 0.227 e. The van der Waals surface area contributed by atoms with Gasteiger partial charge >= 0.3 is 0 Å². The summed E-state index contributed by atoms with van der Waals surface area (Å²) in [5.74, 6) is 0.754. The number of carbonyl (C=O) groups is 1. The topological polar surface area (TPSA) is 64.3 Å². The Labute approximate surface area is 94.8 Å². The highest BCUT2D eigenvalue weighted by atomic mass is 16.5. The van der Waals surface area contributed by atoms with Crippen LogP contribution in [0.3, 0.4) is 0 Å². The van der Waals surface area contributed by atoms with Gasteiger partial charge in [0.1, 0.15) is 5.75 Å². The molecule has 0 bridgehead atoms. The minimum absolute atomic E-state index is 0.00962. The molecule has 0 spiro atoms. The molecule has 1 heterocycles. The van der Waals surface area contributed by atoms with Crippen LogP contribution in [0.2, 0.25) is 0 Å². The quantitative estimate of drug-likeness (QED) is 0.803. The van der Waals surface area contributed by atoms with Gasteiger partial charge in [-0.25, -0.2) is 0 Å². The molecule has 0 radical (unpaired) electrons. The van der Waals surface area contributed by atoms with E-state index in [2.05, 4.69) is 5.32 Å². The average molecular weight is 220 g/mol. The predicted octanol–water partition coefficient (Wildman–Crippen LogP) is 1.15. The van der Waals surface area contributed by atoms with Crippen molar-refractivity contribution in [2.75, 3.05) is 19.0 Å². The first-order valence-electron chi connectivity index (χ1n) is 5.43. The maximum absolute atomic E-state index is 11.8. The van der Waals surface area contributed by atoms with Crippen molar-refractivity contribution in [3.63, 3.8) is 0 Å². The van der Waals surface area contributed by atoms with Gasteiger partial charge in [0.25, 0.3) is 0 Å². The maximum atomic E-state index is 11.8. The lowest BCUT2D eigenvalue weighted by atomic mass is 9.90. The Morgan fingerprint density at radius 3 is 3.06 bits per heavy atom. The summed E-state index contributed by atoms with van der Waals surface area (Å²) in [5.41, 5.74) is 7.42. The number of amides is 1. The zero-order chi connectivity index (χ0) is 11.5. The monoisotopic (exact) mass is 220 g/mol. The van der Waals surface area contributed by atoms with E-state index in [0.29, 0.717) is 6.54 Å². The highest BCUT2D eigenvalue weighted by molar-refractivity contribution is 5.97. The smallest absolute Gasteiger partial charge is 0.227 e. The molecule has 1 aliphatic rings. The molecule has 4 nitrogen and oxygen atoms in total. The van der Waals surface area contributed by atoms with Gasteiger partial charge in [0.2, 0.25) is 5.91 Å². The zero-order valence-electron chi connectivity index (χ0n) is 9.32. The Hall–Kier alpha value is -1.55. The summed E-state index contributed by atoms with van der Waals surface area (Å²) < 4.78 is 5.22. The van der Waals surface area contributed by atoms with Crippen LogP contribution >= 0.6 is 0 Å². The van der Waals surface area contributed by atoms with Crippen LogP contribution in [0.1, 0.15) is 12.0 Å². The lowest BCUT2D eigenvalue weighted by Crippen LogP contribution is -2.31. The van der Waals surface area contributed by atoms with Crippen molar-refractivity contribution in [3.05, 3.63) is 23.8 Å². The van der Waals surface area contributed by atoms with Gasteiger partial charge in [0, 0.05) is 5.92 Å². The standard InChI is InChI=1S/C12H16N2O2/c1-16-10-4-2-3-8-7-9(5-6-13)12(15)14-11(8)10/h2-4,9H,5-7,13H2,1H3,(H,14,15). The molecule has 1 aromatic carbocycles. The number of methoxy groups -OCH3 is 1. The van der Waals surface area contributed by atoms with Crippen molar-refractivity contribution in [1.29, 1.82) is 0 Å². The van der Waals surface area contributed by atoms with Gasteiger partial charge in [-0.15, -0.1) is 0 Å². The second kappa shape index (κ2) is 4.53. The molecule has 86 valence electrons. The van der Waals surface area contributed by atoms with Crippen LogP contribution in [0, 0.1) is 5.92 Å². The number of hydrogen-bond donors (Lipinski definition) is 2. The van der Waals surface area contributed by atoms with E-state index in [-0.39, 0.29) is 11.8 Å². The van der Waals surface area contributed by atoms with Crippen molar-refractivity contribution in [1.82, 2.24) is 0 Å². The number of carbonyl (C=O) groups excluding carboxylic acids is 1. The highest BCUT2D eigenvalue weighted by Gasteiger charge is 2.27. The molecule has 1 aliphatic heterocycles. The van der Waals surface area contributed by atoms with Crippen LogP contribution in [0.25, 0.3) is 0 Å². The fraction of sp³-hybridized carbons (Fsp3) is 0.417. The molecule has 2 rings (SSSR count). The Bertz CT molecular complexity index is 404. The first-order chi connectivity index (χ1) is 7.76. The van der Waals surface area contributed by atoms with Gasteiger partial charge in [0.15, 0.2) is 0 Å². The number of hydrogen-bond acceptors (Lipinski definition) is 3. The molecule has 1 amide bonds. The van der Waals surface area contributed by atoms with Crippen LogP contribution < -0.4 is 15.8 Å². The van der Waals surface area contributed by atoms with Crippen LogP contribution in [-0.2, 0) is 11.2 Å². The number of fused-ring (bicyclic) bond motifs is 1. The summed E-state index contributed by atoms with van der Waals surface area (Å²) in [4.78, 5) is 11.8. The Morgan fingerprint density at radius 1 is 1.56 bits per heavy atom. The van der Waals surface area contributed by atoms with Gasteiger partial charge in [-0.3, -0.25) is 4.79 Å². The number of rotatable bonds is 3. The average Bonchev–Trinajstić information content (AvgIpc) is 2.30. The van der Waals surface area contributed by atoms with E-state index in [4.69, 9.17) is 10.5 Å². The number of nitrogens with two attached hydrogens (primary N) is 1. The van der Waals surface area contributed by atoms with E-state index in [9.17, 15) is 4.79 Å². The molecular weight excluding hydrogens is 204 g/mol. The molecule has 1 aromatic rings. The lowest BCUT2D eigenvalue weighted by molar-refractivity contribution is -0.120. The SMILES string of the molecule is COc1cccc2c1NC(=O)C(CCN)C2. The van der Waals surface area contributed by atoms with Crippen LogP contribution in [0.15, 0.2) is 18.2 Å². The van der Waals surface area contributed by atoms with E-state index >= 15 is 0 Å². The van der Waals surface area contributed by atoms with Crippen LogP contribution in [-0.4, -0.2) is 19.6 Å². The molecule has 3 N–H and O–H groups in total. The van der Waals surface area contributed by atoms with E-state index in [1.807, 2.05) is 18.2 Å². The summed E-state index contributed by atoms with van der Waals surface area (Å²) in [6, 6.07) is 5.80. The summed E-state index contributed by atoms with van der Waals surface area (Å²) in [6.45, 7) is 0.539. The third kappa shape index (κ3) is 1.88. The van der Waals surface area contributed by atoms with Crippen molar-refractivity contribution >= 4 is 11.6 Å². The first kappa shape index (κ1) is 11.0. The summed E-state index contributed by atoms with van der Waals surface area (Å²) in [7, 11) is 1.60. The normalized spacial score (nSPS) is 18.9. The summed E-state index contributed by atoms with van der Waals surface area (Å²) >= 11 is 0. The van der Waals surface area contributed by atoms with Crippen molar-refractivity contribution in [2.24, 2.45) is 11.7 Å². The number of nitrogens with one attached hydrogen (secondary N) is 1. The first-order valence-corrected chi connectivity index (χ1v) is 5.43. The van der Waals surface area contributed by atoms with Gasteiger partial charge in [0.05, 0.1) is 12.8 Å². The van der Waals surface area contributed by atoms with Crippen molar-refractivity contribution in [2.45, 2.75) is 12.8 Å². The second-order valence-corrected chi connectivity index (χ2v) is 3.96. The van der Waals surface area contributed by atoms with Gasteiger partial charge in [-0.05, 0) is 31.0 Å². The number of ether oxygens (including phenoxy) is 1. The Balaban J connectivity index is 2.30. The molecule has 0 saturated carbocycles. The van der Waals surface area contributed by atoms with Crippen molar-refractivity contribution < 1.29 is 9.53 Å². The molecule has 4 heteroatoms. The van der Waals surface area contributed by atoms with Crippen molar-refractivity contribution in [3.8, 4) is 5.75 Å². The minimum Gasteiger partial charge on any atom is -0.495 e. The fourth-order valence-corrected chi connectivity index (χ4v) is 2.08. The number of para-hydroxylation sites is 1. The molecule has 0 aliphatic carbocycles. The third-order valence-electron chi connectivity index (χ3n) is 2.93. The zero-order valence-corrected chi connectivity index (χ0v) is 9.32. The van der Waals surface area contributed by atoms with Crippen LogP contribution in [0.4, 0.5) is 5.69 Å². The molecular formula is C12H16N2O2. The molecule has 0 fully saturated rings. The van der Waals surface area contributed by atoms with E-state index in [1.54, 1.807) is 7.11 Å². The van der Waals surface area contributed by atoms with Gasteiger partial charge in [-0.2, -0.15) is 0 Å². The van der Waals surface area contributed by atoms with E-state index in [1.165, 1.54) is 0 Å². The Morgan fingerprint density at radius 2 is 2.38 bits per heavy atom. The Kier molecular flexibility index (Phi) is 3.10. The lowest BCUT2D eigenvalue weighted by Gasteiger charge is -2.25. The molecule has 0 saturated heterocycles. The van der Waals surface area contributed by atoms with Gasteiger partial charge in [-0.1, -0.05) is 12.1 Å². The summed E-state index contributed by atoms with van der Waals surface area (Å²) in [6.07, 6.45) is 1.47. The minimum atomic E-state index is -0.00962. The molecule has 0 aromatic heterocycles. The molecule has 16 heavy (non-hydrogen) atoms. The van der Waals surface area contributed by atoms with E-state index < -0.39 is 0 Å². The van der Waals surface area contributed by atoms with E-state index in [0.717, 1.165) is 29.8 Å². The molecule has 1 atom stereocenters.